The van der Waals surface area contributed by atoms with Crippen LogP contribution in [0.5, 0.6) is 0 Å². The molecule has 8 heteroatoms. The predicted molar refractivity (Wildman–Crippen MR) is 118 cm³/mol. The molecule has 2 amide bonds. The topological polar surface area (TPSA) is 67.2 Å². The summed E-state index contributed by atoms with van der Waals surface area (Å²) in [6.07, 6.45) is 4.88. The highest BCUT2D eigenvalue weighted by Gasteiger charge is 2.30. The van der Waals surface area contributed by atoms with Crippen molar-refractivity contribution in [3.05, 3.63) is 75.5 Å². The van der Waals surface area contributed by atoms with Crippen LogP contribution in [-0.2, 0) is 11.8 Å². The number of thiophene rings is 1. The molecule has 1 saturated heterocycles. The Kier molecular flexibility index (Phi) is 6.20. The van der Waals surface area contributed by atoms with E-state index >= 15 is 0 Å². The van der Waals surface area contributed by atoms with Gasteiger partial charge < -0.3 is 14.8 Å². The van der Waals surface area contributed by atoms with Gasteiger partial charge in [-0.15, -0.1) is 11.3 Å². The Balaban J connectivity index is 1.44. The maximum absolute atomic E-state index is 13.1. The van der Waals surface area contributed by atoms with Crippen LogP contribution < -0.4 is 5.32 Å². The van der Waals surface area contributed by atoms with Crippen LogP contribution in [0.25, 0.3) is 0 Å². The molecule has 1 fully saturated rings. The van der Waals surface area contributed by atoms with Gasteiger partial charge in [0.15, 0.2) is 0 Å². The number of hydrogen-bond acceptors (Lipinski definition) is 4. The number of nitrogens with one attached hydrogen (secondary N) is 1. The van der Waals surface area contributed by atoms with Crippen molar-refractivity contribution in [2.45, 2.75) is 18.9 Å². The van der Waals surface area contributed by atoms with E-state index in [0.717, 1.165) is 16.3 Å². The van der Waals surface area contributed by atoms with Gasteiger partial charge in [-0.25, -0.2) is 4.98 Å². The van der Waals surface area contributed by atoms with Crippen molar-refractivity contribution < 1.29 is 9.59 Å². The Hall–Kier alpha value is -2.64. The van der Waals surface area contributed by atoms with E-state index in [1.165, 1.54) is 11.3 Å². The molecule has 156 valence electrons. The SMILES string of the molecule is Cn1ccnc1[C@@H](NC(=O)C1CCN(C(=O)c2cccs2)CC1)c1ccc(Cl)cc1. The van der Waals surface area contributed by atoms with E-state index < -0.39 is 0 Å². The highest BCUT2D eigenvalue weighted by Crippen LogP contribution is 2.25. The zero-order valence-electron chi connectivity index (χ0n) is 16.6. The van der Waals surface area contributed by atoms with Crippen LogP contribution in [0.15, 0.2) is 54.2 Å². The smallest absolute Gasteiger partial charge is 0.263 e. The first-order valence-electron chi connectivity index (χ1n) is 9.89. The third kappa shape index (κ3) is 4.42. The minimum absolute atomic E-state index is 0.0128. The van der Waals surface area contributed by atoms with Crippen molar-refractivity contribution in [1.29, 1.82) is 0 Å². The largest absolute Gasteiger partial charge is 0.342 e. The Morgan fingerprint density at radius 1 is 1.20 bits per heavy atom. The third-order valence-electron chi connectivity index (χ3n) is 5.49. The number of likely N-dealkylation sites (tertiary alicyclic amines) is 1. The van der Waals surface area contributed by atoms with E-state index in [0.29, 0.717) is 31.0 Å². The summed E-state index contributed by atoms with van der Waals surface area (Å²) in [4.78, 5) is 32.6. The van der Waals surface area contributed by atoms with Crippen molar-refractivity contribution >= 4 is 34.8 Å². The molecule has 2 aromatic heterocycles. The number of carbonyl (C=O) groups excluding carboxylic acids is 2. The second-order valence-electron chi connectivity index (χ2n) is 7.43. The normalized spacial score (nSPS) is 15.7. The van der Waals surface area contributed by atoms with Gasteiger partial charge >= 0.3 is 0 Å². The molecule has 4 rings (SSSR count). The number of aromatic nitrogens is 2. The number of nitrogens with zero attached hydrogens (tertiary/aromatic N) is 3. The van der Waals surface area contributed by atoms with Gasteiger partial charge in [-0.2, -0.15) is 0 Å². The number of imidazole rings is 1. The molecule has 0 unspecified atom stereocenters. The summed E-state index contributed by atoms with van der Waals surface area (Å²) in [6, 6.07) is 10.8. The molecule has 3 heterocycles. The van der Waals surface area contributed by atoms with Crippen molar-refractivity contribution in [3.8, 4) is 0 Å². The molecular formula is C22H23ClN4O2S. The van der Waals surface area contributed by atoms with E-state index in [1.807, 2.05) is 64.5 Å². The van der Waals surface area contributed by atoms with Crippen LogP contribution in [-0.4, -0.2) is 39.4 Å². The van der Waals surface area contributed by atoms with Gasteiger partial charge in [-0.3, -0.25) is 9.59 Å². The molecule has 1 aromatic carbocycles. The summed E-state index contributed by atoms with van der Waals surface area (Å²) in [5.41, 5.74) is 0.923. The average molecular weight is 443 g/mol. The molecule has 0 saturated carbocycles. The lowest BCUT2D eigenvalue weighted by Crippen LogP contribution is -2.44. The molecule has 0 aliphatic carbocycles. The standard InChI is InChI=1S/C22H23ClN4O2S/c1-26-13-10-24-20(26)19(15-4-6-17(23)7-5-15)25-21(28)16-8-11-27(12-9-16)22(29)18-3-2-14-30-18/h2-7,10,13-14,16,19H,8-9,11-12H2,1H3,(H,25,28)/t19-/m0/s1. The summed E-state index contributed by atoms with van der Waals surface area (Å²) < 4.78 is 1.90. The van der Waals surface area contributed by atoms with Crippen LogP contribution >= 0.6 is 22.9 Å². The summed E-state index contributed by atoms with van der Waals surface area (Å²) in [7, 11) is 1.91. The molecule has 0 spiro atoms. The predicted octanol–water partition coefficient (Wildman–Crippen LogP) is 3.89. The van der Waals surface area contributed by atoms with E-state index in [9.17, 15) is 9.59 Å². The first-order chi connectivity index (χ1) is 14.5. The minimum Gasteiger partial charge on any atom is -0.342 e. The fourth-order valence-electron chi connectivity index (χ4n) is 3.77. The van der Waals surface area contributed by atoms with E-state index in [-0.39, 0.29) is 23.8 Å². The van der Waals surface area contributed by atoms with E-state index in [1.54, 1.807) is 6.20 Å². The Bertz CT molecular complexity index is 1010. The van der Waals surface area contributed by atoms with Gasteiger partial charge in [0.2, 0.25) is 5.91 Å². The number of carbonyl (C=O) groups is 2. The van der Waals surface area contributed by atoms with Crippen molar-refractivity contribution in [2.24, 2.45) is 13.0 Å². The second kappa shape index (κ2) is 9.02. The van der Waals surface area contributed by atoms with Crippen LogP contribution in [0.1, 0.15) is 39.9 Å². The molecule has 1 aliphatic heterocycles. The Morgan fingerprint density at radius 2 is 1.93 bits per heavy atom. The van der Waals surface area contributed by atoms with Gasteiger partial charge in [0.1, 0.15) is 11.9 Å². The van der Waals surface area contributed by atoms with Crippen molar-refractivity contribution in [3.63, 3.8) is 0 Å². The summed E-state index contributed by atoms with van der Waals surface area (Å²) in [5, 5.41) is 5.72. The first kappa shape index (κ1) is 20.6. The number of aryl methyl sites for hydroxylation is 1. The average Bonchev–Trinajstić information content (AvgIpc) is 3.44. The van der Waals surface area contributed by atoms with E-state index in [4.69, 9.17) is 11.6 Å². The maximum Gasteiger partial charge on any atom is 0.263 e. The molecule has 0 radical (unpaired) electrons. The van der Waals surface area contributed by atoms with Crippen molar-refractivity contribution in [2.75, 3.05) is 13.1 Å². The molecule has 0 bridgehead atoms. The van der Waals surface area contributed by atoms with Crippen LogP contribution in [0.4, 0.5) is 0 Å². The first-order valence-corrected chi connectivity index (χ1v) is 11.1. The maximum atomic E-state index is 13.1. The lowest BCUT2D eigenvalue weighted by atomic mass is 9.94. The van der Waals surface area contributed by atoms with Gasteiger partial charge in [0.25, 0.3) is 5.91 Å². The number of hydrogen-bond donors (Lipinski definition) is 1. The summed E-state index contributed by atoms with van der Waals surface area (Å²) >= 11 is 7.49. The monoisotopic (exact) mass is 442 g/mol. The van der Waals surface area contributed by atoms with Gasteiger partial charge in [-0.1, -0.05) is 29.8 Å². The molecule has 1 N–H and O–H groups in total. The summed E-state index contributed by atoms with van der Waals surface area (Å²) in [5.74, 6) is 0.667. The van der Waals surface area contributed by atoms with Crippen LogP contribution in [0.3, 0.4) is 0 Å². The van der Waals surface area contributed by atoms with Crippen LogP contribution in [0.2, 0.25) is 5.02 Å². The lowest BCUT2D eigenvalue weighted by molar-refractivity contribution is -0.126. The molecular weight excluding hydrogens is 420 g/mol. The number of amides is 2. The van der Waals surface area contributed by atoms with Gasteiger partial charge in [0.05, 0.1) is 4.88 Å². The number of piperidine rings is 1. The summed E-state index contributed by atoms with van der Waals surface area (Å²) in [6.45, 7) is 1.17. The number of benzene rings is 1. The zero-order chi connectivity index (χ0) is 21.1. The molecule has 1 aliphatic rings. The molecule has 1 atom stereocenters. The quantitative estimate of drug-likeness (QED) is 0.651. The highest BCUT2D eigenvalue weighted by molar-refractivity contribution is 7.12. The van der Waals surface area contributed by atoms with Gasteiger partial charge in [0, 0.05) is 43.5 Å². The highest BCUT2D eigenvalue weighted by atomic mass is 35.5. The number of halogens is 1. The minimum atomic E-state index is -0.361. The Morgan fingerprint density at radius 3 is 2.53 bits per heavy atom. The third-order valence-corrected chi connectivity index (χ3v) is 6.60. The van der Waals surface area contributed by atoms with E-state index in [2.05, 4.69) is 10.3 Å². The fourth-order valence-corrected chi connectivity index (χ4v) is 4.59. The van der Waals surface area contributed by atoms with Gasteiger partial charge in [-0.05, 0) is 42.0 Å². The van der Waals surface area contributed by atoms with Crippen molar-refractivity contribution in [1.82, 2.24) is 19.8 Å². The Labute approximate surface area is 184 Å². The lowest BCUT2D eigenvalue weighted by Gasteiger charge is -2.32. The fraction of sp³-hybridized carbons (Fsp3) is 0.318. The second-order valence-corrected chi connectivity index (χ2v) is 8.82. The number of rotatable bonds is 5. The molecule has 6 nitrogen and oxygen atoms in total. The zero-order valence-corrected chi connectivity index (χ0v) is 18.2. The van der Waals surface area contributed by atoms with Crippen LogP contribution in [0, 0.1) is 5.92 Å². The molecule has 30 heavy (non-hydrogen) atoms. The molecule has 3 aromatic rings.